The van der Waals surface area contributed by atoms with Crippen LogP contribution in [0.3, 0.4) is 0 Å². The number of anilines is 1. The average molecular weight is 782 g/mol. The number of aromatic nitrogens is 1. The number of carbonyl (C=O) groups excluding carboxylic acids is 4. The minimum absolute atomic E-state index is 0.00756. The molecule has 57 heavy (non-hydrogen) atoms. The second-order valence-electron chi connectivity index (χ2n) is 15.8. The number of amides is 4. The second kappa shape index (κ2) is 18.4. The lowest BCUT2D eigenvalue weighted by atomic mass is 10.00. The van der Waals surface area contributed by atoms with Crippen LogP contribution in [-0.4, -0.2) is 142 Å². The van der Waals surface area contributed by atoms with E-state index in [2.05, 4.69) is 20.1 Å². The Kier molecular flexibility index (Phi) is 12.9. The molecule has 14 nitrogen and oxygen atoms in total. The van der Waals surface area contributed by atoms with Crippen LogP contribution in [0.4, 0.5) is 15.3 Å². The summed E-state index contributed by atoms with van der Waals surface area (Å²) in [6.45, 7) is 9.67. The molecule has 7 rings (SSSR count). The SMILES string of the molecule is Cc1cc(C[C@@H](OC(=O)N2CCC(N3CCc4ccccc4NC3=O)CC2)C(=O)N2CCN(C3CCN(CC(=O)OCc4ccncc4)CC3)CC2)cc(C)c1O. The molecule has 14 heteroatoms. The Morgan fingerprint density at radius 1 is 0.825 bits per heavy atom. The largest absolute Gasteiger partial charge is 0.507 e. The number of hydrogen-bond acceptors (Lipinski definition) is 10. The molecule has 0 saturated carbocycles. The number of nitrogens with one attached hydrogen (secondary N) is 1. The van der Waals surface area contributed by atoms with Gasteiger partial charge in [-0.15, -0.1) is 0 Å². The van der Waals surface area contributed by atoms with Gasteiger partial charge < -0.3 is 34.6 Å². The van der Waals surface area contributed by atoms with Gasteiger partial charge in [0.15, 0.2) is 6.10 Å². The Morgan fingerprint density at radius 2 is 1.49 bits per heavy atom. The zero-order valence-electron chi connectivity index (χ0n) is 33.1. The maximum atomic E-state index is 14.2. The van der Waals surface area contributed by atoms with Gasteiger partial charge in [-0.3, -0.25) is 24.4 Å². The van der Waals surface area contributed by atoms with Gasteiger partial charge in [-0.25, -0.2) is 9.59 Å². The van der Waals surface area contributed by atoms with E-state index in [1.165, 1.54) is 0 Å². The number of benzene rings is 2. The fourth-order valence-corrected chi connectivity index (χ4v) is 8.68. The number of piperidine rings is 2. The van der Waals surface area contributed by atoms with Gasteiger partial charge in [0.2, 0.25) is 0 Å². The molecule has 0 bridgehead atoms. The van der Waals surface area contributed by atoms with E-state index in [4.69, 9.17) is 9.47 Å². The third kappa shape index (κ3) is 10.0. The molecule has 4 amide bonds. The van der Waals surface area contributed by atoms with Crippen LogP contribution in [0.5, 0.6) is 5.75 Å². The van der Waals surface area contributed by atoms with Crippen LogP contribution < -0.4 is 5.32 Å². The number of aromatic hydroxyl groups is 1. The Balaban J connectivity index is 0.910. The molecule has 1 aromatic heterocycles. The van der Waals surface area contributed by atoms with Crippen molar-refractivity contribution in [2.45, 2.75) is 77.2 Å². The van der Waals surface area contributed by atoms with Crippen molar-refractivity contribution in [3.05, 3.63) is 88.7 Å². The number of likely N-dealkylation sites (tertiary alicyclic amines) is 2. The zero-order chi connectivity index (χ0) is 39.9. The maximum absolute atomic E-state index is 14.2. The van der Waals surface area contributed by atoms with Crippen molar-refractivity contribution < 1.29 is 33.8 Å². The quantitative estimate of drug-likeness (QED) is 0.285. The van der Waals surface area contributed by atoms with Crippen LogP contribution in [0, 0.1) is 13.8 Å². The van der Waals surface area contributed by atoms with E-state index in [1.54, 1.807) is 17.3 Å². The first-order valence-corrected chi connectivity index (χ1v) is 20.3. The minimum Gasteiger partial charge on any atom is -0.507 e. The number of hydrogen-bond donors (Lipinski definition) is 2. The standard InChI is InChI=1S/C43H55N7O7/c1-30-25-33(26-31(2)40(30)52)27-38(57-43(55)49-18-12-36(13-19-49)50-20-9-34-5-3-4-6-37(34)45-42(50)54)41(53)48-23-21-47(22-24-48)35-10-16-46(17-11-35)28-39(51)56-29-32-7-14-44-15-8-32/h3-8,14-15,25-26,35-36,38,52H,9-13,16-24,27-29H2,1-2H3,(H,45,54)/t38-/m1/s1. The number of phenolic OH excluding ortho intramolecular Hbond substituents is 1. The molecule has 4 aliphatic heterocycles. The lowest BCUT2D eigenvalue weighted by molar-refractivity contribution is -0.146. The van der Waals surface area contributed by atoms with Crippen molar-refractivity contribution >= 4 is 29.7 Å². The summed E-state index contributed by atoms with van der Waals surface area (Å²) >= 11 is 0. The summed E-state index contributed by atoms with van der Waals surface area (Å²) in [7, 11) is 0. The number of rotatable bonds is 10. The third-order valence-corrected chi connectivity index (χ3v) is 12.0. The van der Waals surface area contributed by atoms with Crippen LogP contribution in [0.1, 0.15) is 53.5 Å². The lowest BCUT2D eigenvalue weighted by Gasteiger charge is -2.43. The molecule has 0 unspecified atom stereocenters. The molecule has 3 fully saturated rings. The molecule has 5 heterocycles. The Morgan fingerprint density at radius 3 is 2.19 bits per heavy atom. The Bertz CT molecular complexity index is 1860. The summed E-state index contributed by atoms with van der Waals surface area (Å²) < 4.78 is 11.6. The number of pyridine rings is 1. The first-order valence-electron chi connectivity index (χ1n) is 20.3. The molecule has 2 aromatic carbocycles. The molecule has 4 aliphatic rings. The molecule has 0 radical (unpaired) electrons. The van der Waals surface area contributed by atoms with Gasteiger partial charge in [-0.05, 0) is 92.0 Å². The third-order valence-electron chi connectivity index (χ3n) is 12.0. The molecule has 3 aromatic rings. The van der Waals surface area contributed by atoms with Crippen LogP contribution in [0.15, 0.2) is 60.9 Å². The highest BCUT2D eigenvalue weighted by Crippen LogP contribution is 2.27. The van der Waals surface area contributed by atoms with Crippen molar-refractivity contribution in [1.82, 2.24) is 29.5 Å². The highest BCUT2D eigenvalue weighted by molar-refractivity contribution is 5.91. The fourth-order valence-electron chi connectivity index (χ4n) is 8.68. The first kappa shape index (κ1) is 40.0. The van der Waals surface area contributed by atoms with E-state index in [9.17, 15) is 24.3 Å². The predicted octanol–water partition coefficient (Wildman–Crippen LogP) is 4.36. The number of urea groups is 1. The number of aryl methyl sites for hydroxylation is 2. The highest BCUT2D eigenvalue weighted by Gasteiger charge is 2.36. The molecular weight excluding hydrogens is 727 g/mol. The zero-order valence-corrected chi connectivity index (χ0v) is 33.1. The van der Waals surface area contributed by atoms with Crippen LogP contribution >= 0.6 is 0 Å². The number of para-hydroxylation sites is 1. The van der Waals surface area contributed by atoms with E-state index in [0.29, 0.717) is 75.8 Å². The summed E-state index contributed by atoms with van der Waals surface area (Å²) in [6.07, 6.45) is 5.86. The number of carbonyl (C=O) groups is 4. The number of nitrogens with zero attached hydrogens (tertiary/aromatic N) is 6. The average Bonchev–Trinajstić information content (AvgIpc) is 3.40. The van der Waals surface area contributed by atoms with Crippen molar-refractivity contribution in [1.29, 1.82) is 0 Å². The molecular formula is C43H55N7O7. The molecule has 304 valence electrons. The Hall–Kier alpha value is -5.21. The summed E-state index contributed by atoms with van der Waals surface area (Å²) in [6, 6.07) is 15.5. The van der Waals surface area contributed by atoms with Crippen molar-refractivity contribution in [3.63, 3.8) is 0 Å². The fraction of sp³-hybridized carbons (Fsp3) is 0.512. The number of ether oxygens (including phenoxy) is 2. The molecule has 0 spiro atoms. The minimum atomic E-state index is -1.03. The number of piperazine rings is 1. The lowest BCUT2D eigenvalue weighted by Crippen LogP contribution is -2.57. The predicted molar refractivity (Wildman–Crippen MR) is 214 cm³/mol. The van der Waals surface area contributed by atoms with Gasteiger partial charge in [0.1, 0.15) is 12.4 Å². The normalized spacial score (nSPS) is 19.3. The van der Waals surface area contributed by atoms with E-state index in [0.717, 1.165) is 54.7 Å². The first-order chi connectivity index (χ1) is 27.6. The second-order valence-corrected chi connectivity index (χ2v) is 15.8. The number of esters is 1. The van der Waals surface area contributed by atoms with E-state index in [-0.39, 0.29) is 49.3 Å². The van der Waals surface area contributed by atoms with Crippen LogP contribution in [-0.2, 0) is 38.5 Å². The highest BCUT2D eigenvalue weighted by atomic mass is 16.6. The van der Waals surface area contributed by atoms with Crippen LogP contribution in [0.2, 0.25) is 0 Å². The van der Waals surface area contributed by atoms with Crippen LogP contribution in [0.25, 0.3) is 0 Å². The molecule has 0 aliphatic carbocycles. The van der Waals surface area contributed by atoms with Crippen molar-refractivity contribution in [2.24, 2.45) is 0 Å². The van der Waals surface area contributed by atoms with Gasteiger partial charge in [-0.1, -0.05) is 30.3 Å². The summed E-state index contributed by atoms with van der Waals surface area (Å²) in [5.74, 6) is -0.239. The topological polar surface area (TPSA) is 148 Å². The monoisotopic (exact) mass is 781 g/mol. The van der Waals surface area contributed by atoms with Gasteiger partial charge in [-0.2, -0.15) is 0 Å². The molecule has 3 saturated heterocycles. The van der Waals surface area contributed by atoms with E-state index >= 15 is 0 Å². The number of fused-ring (bicyclic) bond motifs is 1. The van der Waals surface area contributed by atoms with Crippen molar-refractivity contribution in [3.8, 4) is 5.75 Å². The maximum Gasteiger partial charge on any atom is 0.410 e. The molecule has 2 N–H and O–H groups in total. The van der Waals surface area contributed by atoms with Gasteiger partial charge in [0, 0.05) is 95.5 Å². The smallest absolute Gasteiger partial charge is 0.410 e. The summed E-state index contributed by atoms with van der Waals surface area (Å²) in [4.78, 5) is 67.5. The Labute approximate surface area is 334 Å². The molecule has 1 atom stereocenters. The van der Waals surface area contributed by atoms with E-state index in [1.807, 2.05) is 72.2 Å². The van der Waals surface area contributed by atoms with E-state index < -0.39 is 12.2 Å². The summed E-state index contributed by atoms with van der Waals surface area (Å²) in [5, 5.41) is 13.5. The van der Waals surface area contributed by atoms with Gasteiger partial charge in [0.05, 0.1) is 6.54 Å². The summed E-state index contributed by atoms with van der Waals surface area (Å²) in [5.41, 5.74) is 5.08. The van der Waals surface area contributed by atoms with Gasteiger partial charge >= 0.3 is 18.1 Å². The van der Waals surface area contributed by atoms with Gasteiger partial charge in [0.25, 0.3) is 5.91 Å². The van der Waals surface area contributed by atoms with Crippen molar-refractivity contribution in [2.75, 3.05) is 70.8 Å². The number of phenols is 1.